The van der Waals surface area contributed by atoms with Gasteiger partial charge in [0.05, 0.1) is 0 Å². The Hall–Kier alpha value is -1.06. The van der Waals surface area contributed by atoms with Crippen LogP contribution >= 0.6 is 0 Å². The Bertz CT molecular complexity index is 401. The first-order valence-electron chi connectivity index (χ1n) is 8.05. The van der Waals surface area contributed by atoms with E-state index >= 15 is 0 Å². The molecule has 1 fully saturated rings. The van der Waals surface area contributed by atoms with Gasteiger partial charge in [0.2, 0.25) is 0 Å². The number of anilines is 1. The quantitative estimate of drug-likeness (QED) is 0.837. The van der Waals surface area contributed by atoms with Gasteiger partial charge in [-0.3, -0.25) is 4.90 Å². The molecule has 1 saturated carbocycles. The number of nitrogens with one attached hydrogen (secondary N) is 1. The lowest BCUT2D eigenvalue weighted by Gasteiger charge is -2.29. The summed E-state index contributed by atoms with van der Waals surface area (Å²) in [5.41, 5.74) is 8.78. The molecule has 112 valence electrons. The lowest BCUT2D eigenvalue weighted by Crippen LogP contribution is -2.35. The first kappa shape index (κ1) is 15.3. The standard InChI is InChI=1S/C17H29N3/c1-3-20(4-2)13-14-8-5-6-11-17(14)19-16-10-7-9-15(18)12-16/h5-6,8,11,15-16,19H,3-4,7,9-10,12-13,18H2,1-2H3. The Morgan fingerprint density at radius 2 is 1.95 bits per heavy atom. The molecule has 0 bridgehead atoms. The molecule has 0 saturated heterocycles. The molecule has 1 aromatic rings. The third-order valence-corrected chi connectivity index (χ3v) is 4.38. The molecule has 0 aromatic heterocycles. The van der Waals surface area contributed by atoms with Gasteiger partial charge in [-0.15, -0.1) is 0 Å². The zero-order chi connectivity index (χ0) is 14.4. The fraction of sp³-hybridized carbons (Fsp3) is 0.647. The van der Waals surface area contributed by atoms with Crippen LogP contribution in [0.2, 0.25) is 0 Å². The molecule has 0 aliphatic heterocycles. The molecule has 3 N–H and O–H groups in total. The Morgan fingerprint density at radius 1 is 1.20 bits per heavy atom. The minimum absolute atomic E-state index is 0.371. The zero-order valence-electron chi connectivity index (χ0n) is 12.9. The average molecular weight is 275 g/mol. The van der Waals surface area contributed by atoms with Gasteiger partial charge in [0.1, 0.15) is 0 Å². The smallest absolute Gasteiger partial charge is 0.0388 e. The molecule has 1 aromatic carbocycles. The van der Waals surface area contributed by atoms with Crippen LogP contribution in [0.15, 0.2) is 24.3 Å². The van der Waals surface area contributed by atoms with Crippen LogP contribution < -0.4 is 11.1 Å². The molecular weight excluding hydrogens is 246 g/mol. The van der Waals surface area contributed by atoms with E-state index in [1.165, 1.54) is 30.5 Å². The maximum absolute atomic E-state index is 6.09. The predicted molar refractivity (Wildman–Crippen MR) is 86.9 cm³/mol. The second-order valence-corrected chi connectivity index (χ2v) is 5.89. The van der Waals surface area contributed by atoms with Crippen molar-refractivity contribution in [1.82, 2.24) is 4.90 Å². The van der Waals surface area contributed by atoms with Crippen LogP contribution in [0.1, 0.15) is 45.1 Å². The fourth-order valence-electron chi connectivity index (χ4n) is 3.07. The third-order valence-electron chi connectivity index (χ3n) is 4.38. The fourth-order valence-corrected chi connectivity index (χ4v) is 3.07. The van der Waals surface area contributed by atoms with Crippen LogP contribution in [0.4, 0.5) is 5.69 Å². The summed E-state index contributed by atoms with van der Waals surface area (Å²) in [6.45, 7) is 7.66. The van der Waals surface area contributed by atoms with E-state index in [0.717, 1.165) is 26.1 Å². The number of para-hydroxylation sites is 1. The van der Waals surface area contributed by atoms with E-state index in [4.69, 9.17) is 5.73 Å². The van der Waals surface area contributed by atoms with Gasteiger partial charge in [-0.25, -0.2) is 0 Å². The highest BCUT2D eigenvalue weighted by molar-refractivity contribution is 5.51. The van der Waals surface area contributed by atoms with Crippen molar-refractivity contribution in [3.63, 3.8) is 0 Å². The van der Waals surface area contributed by atoms with Crippen molar-refractivity contribution in [3.8, 4) is 0 Å². The normalized spacial score (nSPS) is 23.0. The van der Waals surface area contributed by atoms with Crippen molar-refractivity contribution >= 4 is 5.69 Å². The Kier molecular flexibility index (Phi) is 5.86. The Balaban J connectivity index is 2.03. The topological polar surface area (TPSA) is 41.3 Å². The summed E-state index contributed by atoms with van der Waals surface area (Å²) in [6.07, 6.45) is 4.77. The maximum Gasteiger partial charge on any atom is 0.0388 e. The molecular formula is C17H29N3. The molecule has 0 radical (unpaired) electrons. The van der Waals surface area contributed by atoms with Crippen molar-refractivity contribution in [2.75, 3.05) is 18.4 Å². The van der Waals surface area contributed by atoms with Crippen LogP contribution in [0.25, 0.3) is 0 Å². The van der Waals surface area contributed by atoms with Gasteiger partial charge in [-0.2, -0.15) is 0 Å². The summed E-state index contributed by atoms with van der Waals surface area (Å²) in [4.78, 5) is 2.45. The van der Waals surface area contributed by atoms with E-state index in [-0.39, 0.29) is 0 Å². The lowest BCUT2D eigenvalue weighted by atomic mass is 9.91. The predicted octanol–water partition coefficient (Wildman–Crippen LogP) is 3.21. The highest BCUT2D eigenvalue weighted by Crippen LogP contribution is 2.24. The Morgan fingerprint density at radius 3 is 2.65 bits per heavy atom. The number of hydrogen-bond donors (Lipinski definition) is 2. The van der Waals surface area contributed by atoms with E-state index in [9.17, 15) is 0 Å². The number of nitrogens with zero attached hydrogens (tertiary/aromatic N) is 1. The first-order chi connectivity index (χ1) is 9.72. The summed E-state index contributed by atoms with van der Waals surface area (Å²) in [5.74, 6) is 0. The summed E-state index contributed by atoms with van der Waals surface area (Å²) >= 11 is 0. The average Bonchev–Trinajstić information content (AvgIpc) is 2.46. The number of nitrogens with two attached hydrogens (primary N) is 1. The number of rotatable bonds is 6. The maximum atomic E-state index is 6.09. The van der Waals surface area contributed by atoms with Gasteiger partial charge in [0.15, 0.2) is 0 Å². The molecule has 1 aliphatic carbocycles. The van der Waals surface area contributed by atoms with E-state index < -0.39 is 0 Å². The molecule has 2 atom stereocenters. The minimum Gasteiger partial charge on any atom is -0.382 e. The van der Waals surface area contributed by atoms with Gasteiger partial charge in [-0.1, -0.05) is 32.0 Å². The van der Waals surface area contributed by atoms with Gasteiger partial charge < -0.3 is 11.1 Å². The van der Waals surface area contributed by atoms with E-state index in [1.807, 2.05) is 0 Å². The first-order valence-corrected chi connectivity index (χ1v) is 8.05. The van der Waals surface area contributed by atoms with Crippen LogP contribution in [0, 0.1) is 0 Å². The van der Waals surface area contributed by atoms with Crippen LogP contribution in [0.5, 0.6) is 0 Å². The molecule has 0 spiro atoms. The van der Waals surface area contributed by atoms with Gasteiger partial charge in [-0.05, 0) is 50.4 Å². The highest BCUT2D eigenvalue weighted by Gasteiger charge is 2.19. The van der Waals surface area contributed by atoms with E-state index in [0.29, 0.717) is 12.1 Å². The molecule has 0 heterocycles. The summed E-state index contributed by atoms with van der Waals surface area (Å²) in [7, 11) is 0. The van der Waals surface area contributed by atoms with Crippen LogP contribution in [-0.4, -0.2) is 30.1 Å². The molecule has 20 heavy (non-hydrogen) atoms. The second kappa shape index (κ2) is 7.65. The lowest BCUT2D eigenvalue weighted by molar-refractivity contribution is 0.296. The van der Waals surface area contributed by atoms with E-state index in [1.54, 1.807) is 0 Å². The molecule has 2 rings (SSSR count). The number of hydrogen-bond acceptors (Lipinski definition) is 3. The Labute approximate surface area is 123 Å². The molecule has 3 nitrogen and oxygen atoms in total. The minimum atomic E-state index is 0.371. The highest BCUT2D eigenvalue weighted by atomic mass is 15.1. The number of benzene rings is 1. The van der Waals surface area contributed by atoms with Crippen molar-refractivity contribution in [2.24, 2.45) is 5.73 Å². The molecule has 0 amide bonds. The largest absolute Gasteiger partial charge is 0.382 e. The molecule has 2 unspecified atom stereocenters. The van der Waals surface area contributed by atoms with Crippen molar-refractivity contribution < 1.29 is 0 Å². The van der Waals surface area contributed by atoms with Gasteiger partial charge in [0, 0.05) is 24.3 Å². The monoisotopic (exact) mass is 275 g/mol. The van der Waals surface area contributed by atoms with Crippen LogP contribution in [0.3, 0.4) is 0 Å². The van der Waals surface area contributed by atoms with Crippen molar-refractivity contribution in [1.29, 1.82) is 0 Å². The van der Waals surface area contributed by atoms with Crippen LogP contribution in [-0.2, 0) is 6.54 Å². The third kappa shape index (κ3) is 4.22. The van der Waals surface area contributed by atoms with E-state index in [2.05, 4.69) is 48.3 Å². The summed E-state index contributed by atoms with van der Waals surface area (Å²) < 4.78 is 0. The SMILES string of the molecule is CCN(CC)Cc1ccccc1NC1CCCC(N)C1. The summed E-state index contributed by atoms with van der Waals surface area (Å²) in [6, 6.07) is 9.61. The van der Waals surface area contributed by atoms with Crippen molar-refractivity contribution in [2.45, 2.75) is 58.2 Å². The molecule has 1 aliphatic rings. The second-order valence-electron chi connectivity index (χ2n) is 5.89. The zero-order valence-corrected chi connectivity index (χ0v) is 12.9. The van der Waals surface area contributed by atoms with Crippen molar-refractivity contribution in [3.05, 3.63) is 29.8 Å². The van der Waals surface area contributed by atoms with Gasteiger partial charge >= 0.3 is 0 Å². The van der Waals surface area contributed by atoms with Gasteiger partial charge in [0.25, 0.3) is 0 Å². The summed E-state index contributed by atoms with van der Waals surface area (Å²) in [5, 5.41) is 3.73. The molecule has 3 heteroatoms.